The largest absolute Gasteiger partial charge is 0.450 e. The van der Waals surface area contributed by atoms with Crippen molar-refractivity contribution in [3.63, 3.8) is 0 Å². The fraction of sp³-hybridized carbons (Fsp3) is 0.800. The molecule has 6 heteroatoms. The molecule has 0 spiro atoms. The quantitative estimate of drug-likeness (QED) is 0.648. The third-order valence-electron chi connectivity index (χ3n) is 9.35. The van der Waals surface area contributed by atoms with E-state index in [0.29, 0.717) is 25.7 Å². The van der Waals surface area contributed by atoms with Gasteiger partial charge in [-0.1, -0.05) is 26.3 Å². The van der Waals surface area contributed by atoms with Crippen molar-refractivity contribution in [3.05, 3.63) is 11.6 Å². The third kappa shape index (κ3) is 3.16. The Balaban J connectivity index is 1.73. The average molecular weight is 433 g/mol. The number of Topliss-reactive ketones (excluding diaryl/α,β-unsaturated/α-hetero) is 1. The highest BCUT2D eigenvalue weighted by atomic mass is 16.6. The van der Waals surface area contributed by atoms with E-state index >= 15 is 0 Å². The number of esters is 1. The summed E-state index contributed by atoms with van der Waals surface area (Å²) in [6, 6.07) is 0. The Morgan fingerprint density at radius 3 is 2.61 bits per heavy atom. The fourth-order valence-electron chi connectivity index (χ4n) is 7.94. The predicted molar refractivity (Wildman–Crippen MR) is 114 cm³/mol. The Morgan fingerprint density at radius 1 is 1.19 bits per heavy atom. The van der Waals surface area contributed by atoms with E-state index in [9.17, 15) is 24.6 Å². The van der Waals surface area contributed by atoms with Crippen LogP contribution < -0.4 is 0 Å². The SMILES string of the molecule is CCCC(=O)O[C@@]1(C(=O)CO)CC[C@H]2[C@@H]3CCC4=CC(=O)CC[C@]4(C)[C@H]3[C@H](O)C[C@@]21C. The van der Waals surface area contributed by atoms with Crippen LogP contribution in [-0.4, -0.2) is 46.1 Å². The van der Waals surface area contributed by atoms with E-state index in [-0.39, 0.29) is 35.4 Å². The Bertz CT molecular complexity index is 817. The minimum atomic E-state index is -1.37. The van der Waals surface area contributed by atoms with Gasteiger partial charge in [-0.3, -0.25) is 14.4 Å². The molecule has 2 N–H and O–H groups in total. The van der Waals surface area contributed by atoms with Crippen LogP contribution in [-0.2, 0) is 19.1 Å². The van der Waals surface area contributed by atoms with E-state index in [1.807, 2.05) is 13.8 Å². The van der Waals surface area contributed by atoms with Crippen molar-refractivity contribution in [1.82, 2.24) is 0 Å². The van der Waals surface area contributed by atoms with Crippen LogP contribution >= 0.6 is 0 Å². The lowest BCUT2D eigenvalue weighted by Gasteiger charge is -2.60. The van der Waals surface area contributed by atoms with Crippen molar-refractivity contribution < 1.29 is 29.3 Å². The first-order valence-corrected chi connectivity index (χ1v) is 11.9. The van der Waals surface area contributed by atoms with Crippen molar-refractivity contribution in [2.45, 2.75) is 90.3 Å². The molecule has 31 heavy (non-hydrogen) atoms. The standard InChI is InChI=1S/C25H36O6/c1-4-5-21(30)31-25(20(29)14-26)11-9-18-17-7-6-15-12-16(27)8-10-23(15,2)22(17)19(28)13-24(18,25)3/h12,17-19,22,26,28H,4-11,13-14H2,1-3H3/t17-,18-,19+,22+,23-,24-,25+/m0/s1. The summed E-state index contributed by atoms with van der Waals surface area (Å²) in [5.41, 5.74) is -1.12. The summed E-state index contributed by atoms with van der Waals surface area (Å²) in [5.74, 6) is -0.320. The summed E-state index contributed by atoms with van der Waals surface area (Å²) >= 11 is 0. The maximum Gasteiger partial charge on any atom is 0.306 e. The van der Waals surface area contributed by atoms with E-state index in [1.165, 1.54) is 0 Å². The van der Waals surface area contributed by atoms with Crippen LogP contribution in [0.5, 0.6) is 0 Å². The summed E-state index contributed by atoms with van der Waals surface area (Å²) in [5, 5.41) is 21.3. The third-order valence-corrected chi connectivity index (χ3v) is 9.35. The minimum absolute atomic E-state index is 0.0325. The molecular weight excluding hydrogens is 396 g/mol. The van der Waals surface area contributed by atoms with Crippen molar-refractivity contribution in [2.24, 2.45) is 28.6 Å². The number of rotatable bonds is 5. The molecule has 172 valence electrons. The van der Waals surface area contributed by atoms with Crippen LogP contribution in [0.25, 0.3) is 0 Å². The Morgan fingerprint density at radius 2 is 1.94 bits per heavy atom. The maximum absolute atomic E-state index is 13.1. The smallest absolute Gasteiger partial charge is 0.306 e. The number of hydrogen-bond donors (Lipinski definition) is 2. The summed E-state index contributed by atoms with van der Waals surface area (Å²) in [4.78, 5) is 37.6. The number of aliphatic hydroxyl groups is 2. The molecule has 7 atom stereocenters. The first-order valence-electron chi connectivity index (χ1n) is 11.9. The normalized spacial score (nSPS) is 44.0. The van der Waals surface area contributed by atoms with Crippen LogP contribution in [0, 0.1) is 28.6 Å². The number of carbonyl (C=O) groups excluding carboxylic acids is 3. The van der Waals surface area contributed by atoms with Gasteiger partial charge in [-0.05, 0) is 74.2 Å². The van der Waals surface area contributed by atoms with Crippen molar-refractivity contribution in [1.29, 1.82) is 0 Å². The highest BCUT2D eigenvalue weighted by molar-refractivity contribution is 5.92. The molecule has 4 rings (SSSR count). The second-order valence-electron chi connectivity index (χ2n) is 10.7. The summed E-state index contributed by atoms with van der Waals surface area (Å²) in [6.07, 6.45) is 6.48. The highest BCUT2D eigenvalue weighted by Crippen LogP contribution is 2.68. The van der Waals surface area contributed by atoms with E-state index in [2.05, 4.69) is 6.92 Å². The molecule has 0 aliphatic heterocycles. The fourth-order valence-corrected chi connectivity index (χ4v) is 7.94. The molecule has 4 aliphatic carbocycles. The van der Waals surface area contributed by atoms with Gasteiger partial charge in [-0.15, -0.1) is 0 Å². The maximum atomic E-state index is 13.1. The van der Waals surface area contributed by atoms with E-state index < -0.39 is 35.5 Å². The molecule has 0 saturated heterocycles. The predicted octanol–water partition coefficient (Wildman–Crippen LogP) is 3.13. The van der Waals surface area contributed by atoms with Crippen molar-refractivity contribution in [3.8, 4) is 0 Å². The first-order chi connectivity index (χ1) is 14.6. The Labute approximate surface area is 184 Å². The molecule has 0 aromatic heterocycles. The van der Waals surface area contributed by atoms with Crippen molar-refractivity contribution >= 4 is 17.5 Å². The molecule has 4 aliphatic rings. The molecule has 6 nitrogen and oxygen atoms in total. The second-order valence-corrected chi connectivity index (χ2v) is 10.7. The lowest BCUT2D eigenvalue weighted by atomic mass is 9.45. The van der Waals surface area contributed by atoms with Gasteiger partial charge in [0, 0.05) is 18.3 Å². The van der Waals surface area contributed by atoms with Crippen LogP contribution in [0.3, 0.4) is 0 Å². The van der Waals surface area contributed by atoms with Gasteiger partial charge in [-0.25, -0.2) is 0 Å². The number of ketones is 2. The van der Waals surface area contributed by atoms with Crippen LogP contribution in [0.4, 0.5) is 0 Å². The minimum Gasteiger partial charge on any atom is -0.450 e. The molecule has 3 saturated carbocycles. The van der Waals surface area contributed by atoms with E-state index in [1.54, 1.807) is 6.08 Å². The van der Waals surface area contributed by atoms with E-state index in [4.69, 9.17) is 4.74 Å². The molecule has 0 aromatic rings. The van der Waals surface area contributed by atoms with Crippen LogP contribution in [0.15, 0.2) is 11.6 Å². The zero-order valence-corrected chi connectivity index (χ0v) is 19.0. The van der Waals surface area contributed by atoms with Gasteiger partial charge in [0.1, 0.15) is 6.61 Å². The number of ether oxygens (including phenoxy) is 1. The van der Waals surface area contributed by atoms with Crippen LogP contribution in [0.2, 0.25) is 0 Å². The highest BCUT2D eigenvalue weighted by Gasteiger charge is 2.70. The molecule has 3 fully saturated rings. The number of allylic oxidation sites excluding steroid dienone is 1. The Kier molecular flexibility index (Phi) is 5.70. The van der Waals surface area contributed by atoms with Gasteiger partial charge in [0.25, 0.3) is 0 Å². The molecule has 0 radical (unpaired) electrons. The molecule has 0 aromatic carbocycles. The van der Waals surface area contributed by atoms with Crippen molar-refractivity contribution in [2.75, 3.05) is 6.61 Å². The van der Waals surface area contributed by atoms with Gasteiger partial charge >= 0.3 is 5.97 Å². The second kappa shape index (κ2) is 7.80. The van der Waals surface area contributed by atoms with E-state index in [0.717, 1.165) is 31.3 Å². The average Bonchev–Trinajstić information content (AvgIpc) is 3.00. The summed E-state index contributed by atoms with van der Waals surface area (Å²) in [6.45, 7) is 5.39. The lowest BCUT2D eigenvalue weighted by Crippen LogP contribution is -2.63. The van der Waals surface area contributed by atoms with Crippen LogP contribution in [0.1, 0.15) is 78.6 Å². The Hall–Kier alpha value is -1.53. The topological polar surface area (TPSA) is 101 Å². The molecular formula is C25H36O6. The number of hydrogen-bond acceptors (Lipinski definition) is 6. The monoisotopic (exact) mass is 432 g/mol. The molecule has 0 bridgehead atoms. The summed E-state index contributed by atoms with van der Waals surface area (Å²) < 4.78 is 5.92. The number of carbonyl (C=O) groups is 3. The number of fused-ring (bicyclic) bond motifs is 5. The molecule has 0 heterocycles. The van der Waals surface area contributed by atoms with Gasteiger partial charge in [-0.2, -0.15) is 0 Å². The zero-order valence-electron chi connectivity index (χ0n) is 19.0. The first kappa shape index (κ1) is 22.7. The lowest BCUT2D eigenvalue weighted by molar-refractivity contribution is -0.202. The zero-order chi connectivity index (χ0) is 22.6. The van der Waals surface area contributed by atoms with Gasteiger partial charge in [0.15, 0.2) is 11.4 Å². The molecule has 0 unspecified atom stereocenters. The number of aliphatic hydroxyl groups excluding tert-OH is 2. The molecule has 0 amide bonds. The van der Waals surface area contributed by atoms with Gasteiger partial charge in [0.05, 0.1) is 6.10 Å². The van der Waals surface area contributed by atoms with Gasteiger partial charge in [0.2, 0.25) is 5.78 Å². The summed E-state index contributed by atoms with van der Waals surface area (Å²) in [7, 11) is 0. The van der Waals surface area contributed by atoms with Gasteiger partial charge < -0.3 is 14.9 Å².